The first-order valence-electron chi connectivity index (χ1n) is 9.51. The van der Waals surface area contributed by atoms with E-state index in [0.29, 0.717) is 17.4 Å². The molecule has 0 saturated heterocycles. The summed E-state index contributed by atoms with van der Waals surface area (Å²) in [6.07, 6.45) is 4.19. The highest BCUT2D eigenvalue weighted by Gasteiger charge is 2.16. The third kappa shape index (κ3) is 3.42. The summed E-state index contributed by atoms with van der Waals surface area (Å²) < 4.78 is 6.82. The van der Waals surface area contributed by atoms with Crippen molar-refractivity contribution in [3.8, 4) is 17.1 Å². The van der Waals surface area contributed by atoms with E-state index in [0.717, 1.165) is 27.8 Å². The zero-order chi connectivity index (χ0) is 21.4. The molecule has 0 radical (unpaired) electrons. The topological polar surface area (TPSA) is 107 Å². The van der Waals surface area contributed by atoms with Gasteiger partial charge >= 0.3 is 0 Å². The summed E-state index contributed by atoms with van der Waals surface area (Å²) in [4.78, 5) is 29.5. The second kappa shape index (κ2) is 7.45. The average Bonchev–Trinajstić information content (AvgIpc) is 3.14. The van der Waals surface area contributed by atoms with Crippen molar-refractivity contribution in [2.24, 2.45) is 0 Å². The van der Waals surface area contributed by atoms with Crippen LogP contribution in [0.2, 0.25) is 0 Å². The second-order valence-electron chi connectivity index (χ2n) is 6.90. The van der Waals surface area contributed by atoms with Crippen molar-refractivity contribution in [2.45, 2.75) is 6.92 Å². The zero-order valence-electron chi connectivity index (χ0n) is 16.8. The van der Waals surface area contributed by atoms with Crippen LogP contribution in [0.3, 0.4) is 0 Å². The maximum Gasteiger partial charge on any atom is 0.295 e. The van der Waals surface area contributed by atoms with Gasteiger partial charge in [0.1, 0.15) is 11.4 Å². The highest BCUT2D eigenvalue weighted by molar-refractivity contribution is 5.93. The van der Waals surface area contributed by atoms with E-state index in [4.69, 9.17) is 9.72 Å². The van der Waals surface area contributed by atoms with E-state index in [-0.39, 0.29) is 5.69 Å². The van der Waals surface area contributed by atoms with Crippen LogP contribution in [0.25, 0.3) is 27.9 Å². The Morgan fingerprint density at radius 1 is 1.03 bits per heavy atom. The van der Waals surface area contributed by atoms with Crippen LogP contribution < -0.4 is 15.6 Å². The molecule has 0 saturated carbocycles. The van der Waals surface area contributed by atoms with Crippen LogP contribution in [-0.4, -0.2) is 36.7 Å². The van der Waals surface area contributed by atoms with Gasteiger partial charge in [0.2, 0.25) is 5.95 Å². The lowest BCUT2D eigenvalue weighted by Crippen LogP contribution is -2.11. The molecular weight excluding hydrogens is 394 g/mol. The smallest absolute Gasteiger partial charge is 0.295 e. The van der Waals surface area contributed by atoms with Crippen LogP contribution >= 0.6 is 0 Å². The molecule has 0 amide bonds. The third-order valence-corrected chi connectivity index (χ3v) is 4.80. The molecular formula is C22H17N7O2. The molecule has 0 fully saturated rings. The summed E-state index contributed by atoms with van der Waals surface area (Å²) in [6, 6.07) is 13.4. The van der Waals surface area contributed by atoms with Gasteiger partial charge in [-0.15, -0.1) is 5.10 Å². The Hall–Kier alpha value is -4.40. The van der Waals surface area contributed by atoms with E-state index in [2.05, 4.69) is 25.4 Å². The minimum absolute atomic E-state index is 0.187. The lowest BCUT2D eigenvalue weighted by Gasteiger charge is -2.07. The Morgan fingerprint density at radius 3 is 2.68 bits per heavy atom. The quantitative estimate of drug-likeness (QED) is 0.481. The maximum atomic E-state index is 12.3. The molecule has 31 heavy (non-hydrogen) atoms. The fraction of sp³-hybridized carbons (Fsp3) is 0.0909. The molecule has 0 aliphatic rings. The maximum absolute atomic E-state index is 12.3. The lowest BCUT2D eigenvalue weighted by atomic mass is 10.1. The number of aromatic nitrogens is 6. The van der Waals surface area contributed by atoms with Crippen LogP contribution in [0.15, 0.2) is 65.8 Å². The Balaban J connectivity index is 1.74. The van der Waals surface area contributed by atoms with E-state index >= 15 is 0 Å². The Kier molecular flexibility index (Phi) is 4.47. The number of anilines is 2. The van der Waals surface area contributed by atoms with Crippen LogP contribution in [0.4, 0.5) is 11.6 Å². The molecule has 9 heteroatoms. The molecule has 5 aromatic rings. The SMILES string of the molecule is COc1ccc(-c2nc3c4cc(C)ccc4nc(Nc4cnccnc4=O)n3n2)cc1. The first-order valence-corrected chi connectivity index (χ1v) is 9.51. The van der Waals surface area contributed by atoms with Gasteiger partial charge in [-0.05, 0) is 43.3 Å². The first-order chi connectivity index (χ1) is 15.1. The molecule has 2 aromatic carbocycles. The summed E-state index contributed by atoms with van der Waals surface area (Å²) in [6.45, 7) is 2.01. The van der Waals surface area contributed by atoms with Crippen molar-refractivity contribution in [2.75, 3.05) is 12.4 Å². The lowest BCUT2D eigenvalue weighted by molar-refractivity contribution is 0.415. The molecule has 0 bridgehead atoms. The second-order valence-corrected chi connectivity index (χ2v) is 6.90. The molecule has 0 aliphatic carbocycles. The predicted molar refractivity (Wildman–Crippen MR) is 117 cm³/mol. The number of nitrogens with zero attached hydrogens (tertiary/aromatic N) is 6. The fourth-order valence-electron chi connectivity index (χ4n) is 3.25. The molecule has 0 unspecified atom stereocenters. The van der Waals surface area contributed by atoms with Crippen molar-refractivity contribution in [3.05, 3.63) is 77.0 Å². The van der Waals surface area contributed by atoms with Crippen LogP contribution in [-0.2, 0) is 0 Å². The van der Waals surface area contributed by atoms with Gasteiger partial charge in [0.15, 0.2) is 11.5 Å². The number of ether oxygens (including phenoxy) is 1. The largest absolute Gasteiger partial charge is 0.497 e. The number of hydrogen-bond donors (Lipinski definition) is 1. The van der Waals surface area contributed by atoms with Gasteiger partial charge in [-0.25, -0.2) is 15.0 Å². The van der Waals surface area contributed by atoms with E-state index in [1.807, 2.05) is 49.4 Å². The molecule has 1 N–H and O–H groups in total. The van der Waals surface area contributed by atoms with Crippen molar-refractivity contribution >= 4 is 28.2 Å². The van der Waals surface area contributed by atoms with Gasteiger partial charge in [-0.3, -0.25) is 9.78 Å². The predicted octanol–water partition coefficient (Wildman–Crippen LogP) is 3.16. The Morgan fingerprint density at radius 2 is 1.87 bits per heavy atom. The molecule has 3 aromatic heterocycles. The molecule has 152 valence electrons. The van der Waals surface area contributed by atoms with Gasteiger partial charge in [0.05, 0.1) is 18.8 Å². The summed E-state index contributed by atoms with van der Waals surface area (Å²) in [5.74, 6) is 1.61. The van der Waals surface area contributed by atoms with Gasteiger partial charge in [0.25, 0.3) is 5.56 Å². The van der Waals surface area contributed by atoms with Crippen LogP contribution in [0.1, 0.15) is 5.56 Å². The minimum Gasteiger partial charge on any atom is -0.497 e. The number of aryl methyl sites for hydroxylation is 1. The number of fused-ring (bicyclic) bond motifs is 3. The van der Waals surface area contributed by atoms with E-state index in [1.54, 1.807) is 11.6 Å². The van der Waals surface area contributed by atoms with Gasteiger partial charge < -0.3 is 10.1 Å². The summed E-state index contributed by atoms with van der Waals surface area (Å²) in [5, 5.41) is 8.53. The van der Waals surface area contributed by atoms with Crippen molar-refractivity contribution < 1.29 is 4.74 Å². The van der Waals surface area contributed by atoms with E-state index < -0.39 is 5.56 Å². The number of rotatable bonds is 4. The molecule has 3 heterocycles. The summed E-state index contributed by atoms with van der Waals surface area (Å²) in [7, 11) is 1.62. The minimum atomic E-state index is -0.452. The molecule has 0 atom stereocenters. The van der Waals surface area contributed by atoms with Gasteiger partial charge in [0, 0.05) is 23.3 Å². The van der Waals surface area contributed by atoms with Crippen molar-refractivity contribution in [1.82, 2.24) is 29.5 Å². The number of hydrogen-bond acceptors (Lipinski definition) is 8. The summed E-state index contributed by atoms with van der Waals surface area (Å²) >= 11 is 0. The van der Waals surface area contributed by atoms with E-state index in [9.17, 15) is 4.79 Å². The highest BCUT2D eigenvalue weighted by Crippen LogP contribution is 2.26. The average molecular weight is 411 g/mol. The number of benzene rings is 2. The van der Waals surface area contributed by atoms with Crippen LogP contribution in [0, 0.1) is 6.92 Å². The third-order valence-electron chi connectivity index (χ3n) is 4.80. The normalized spacial score (nSPS) is 11.0. The number of methoxy groups -OCH3 is 1. The van der Waals surface area contributed by atoms with Crippen LogP contribution in [0.5, 0.6) is 5.75 Å². The molecule has 0 aliphatic heterocycles. The highest BCUT2D eigenvalue weighted by atomic mass is 16.5. The zero-order valence-corrected chi connectivity index (χ0v) is 16.8. The van der Waals surface area contributed by atoms with E-state index in [1.165, 1.54) is 18.6 Å². The number of nitrogens with one attached hydrogen (secondary N) is 1. The van der Waals surface area contributed by atoms with Crippen molar-refractivity contribution in [1.29, 1.82) is 0 Å². The Bertz CT molecular complexity index is 1480. The van der Waals surface area contributed by atoms with Crippen molar-refractivity contribution in [3.63, 3.8) is 0 Å². The van der Waals surface area contributed by atoms with Gasteiger partial charge in [-0.2, -0.15) is 4.52 Å². The fourth-order valence-corrected chi connectivity index (χ4v) is 3.25. The molecule has 9 nitrogen and oxygen atoms in total. The molecule has 5 rings (SSSR count). The monoisotopic (exact) mass is 411 g/mol. The standard InChI is InChI=1S/C22H17N7O2/c1-13-3-8-17-16(11-13)20-27-19(14-4-6-15(31-2)7-5-14)28-29(20)22(25-17)26-18-12-23-9-10-24-21(18)30/h3-12H,1-2H3,(H,24,25,26,30). The first kappa shape index (κ1) is 18.6. The summed E-state index contributed by atoms with van der Waals surface area (Å²) in [5.41, 5.74) is 2.99. The Labute approximate surface area is 176 Å². The molecule has 0 spiro atoms. The van der Waals surface area contributed by atoms with Gasteiger partial charge in [-0.1, -0.05) is 11.6 Å².